The van der Waals surface area contributed by atoms with Crippen LogP contribution in [0.3, 0.4) is 0 Å². The van der Waals surface area contributed by atoms with Gasteiger partial charge in [-0.1, -0.05) is 27.2 Å². The third kappa shape index (κ3) is 6.95. The zero-order valence-corrected chi connectivity index (χ0v) is 21.4. The van der Waals surface area contributed by atoms with Crippen molar-refractivity contribution in [1.29, 1.82) is 0 Å². The summed E-state index contributed by atoms with van der Waals surface area (Å²) in [7, 11) is 1.27. The molecule has 3 aromatic rings. The van der Waals surface area contributed by atoms with Crippen LogP contribution in [0.15, 0.2) is 18.3 Å². The topological polar surface area (TPSA) is 87.3 Å². The van der Waals surface area contributed by atoms with Crippen LogP contribution in [0.2, 0.25) is 0 Å². The number of amides is 2. The predicted molar refractivity (Wildman–Crippen MR) is 132 cm³/mol. The minimum absolute atomic E-state index is 0.0971. The largest absolute Gasteiger partial charge is 0.453 e. The zero-order valence-electron chi connectivity index (χ0n) is 17.6. The third-order valence-electron chi connectivity index (χ3n) is 3.83. The highest BCUT2D eigenvalue weighted by Gasteiger charge is 2.17. The number of alkyl carbamates (subject to hydrolysis) is 1. The molecule has 7 nitrogen and oxygen atoms in total. The molecule has 3 heterocycles. The van der Waals surface area contributed by atoms with Crippen LogP contribution in [0.25, 0.3) is 20.0 Å². The van der Waals surface area contributed by atoms with Crippen molar-refractivity contribution >= 4 is 66.7 Å². The van der Waals surface area contributed by atoms with Crippen molar-refractivity contribution in [2.45, 2.75) is 40.2 Å². The molecule has 3 rings (SSSR count). The Hall–Kier alpha value is -1.66. The standard InChI is InChI=1S/C17H19IN4O3S2.C3H8/c1-3-4-22(16(23)8-20-17(24)25-2)9-15-19-7-10(21-15)11-5-12-13(26-11)6-14(18)27-12;1-3-2/h5-7H,3-4,8-9H2,1-2H3,(H,19,21)(H,20,24);3H2,1-2H3. The minimum atomic E-state index is -0.618. The summed E-state index contributed by atoms with van der Waals surface area (Å²) in [5.74, 6) is 0.544. The SMILES string of the molecule is CCC.CCCN(Cc1ncc(-c2cc3sc(I)cc3s2)[nH]1)C(=O)CNC(=O)OC. The Morgan fingerprint density at radius 1 is 1.23 bits per heavy atom. The number of hydrogen-bond donors (Lipinski definition) is 2. The lowest BCUT2D eigenvalue weighted by atomic mass is 10.3. The van der Waals surface area contributed by atoms with E-state index < -0.39 is 6.09 Å². The maximum atomic E-state index is 12.4. The Balaban J connectivity index is 0.00000101. The van der Waals surface area contributed by atoms with E-state index in [4.69, 9.17) is 0 Å². The van der Waals surface area contributed by atoms with Gasteiger partial charge in [0, 0.05) is 15.9 Å². The first-order valence-corrected chi connectivity index (χ1v) is 12.5. The van der Waals surface area contributed by atoms with E-state index in [1.54, 1.807) is 33.8 Å². The van der Waals surface area contributed by atoms with Gasteiger partial charge in [0.1, 0.15) is 12.4 Å². The highest BCUT2D eigenvalue weighted by Crippen LogP contribution is 2.38. The predicted octanol–water partition coefficient (Wildman–Crippen LogP) is 5.47. The van der Waals surface area contributed by atoms with Crippen molar-refractivity contribution in [2.75, 3.05) is 20.2 Å². The first-order valence-electron chi connectivity index (χ1n) is 9.74. The highest BCUT2D eigenvalue weighted by molar-refractivity contribution is 14.1. The molecule has 0 aliphatic heterocycles. The van der Waals surface area contributed by atoms with Crippen LogP contribution in [0.5, 0.6) is 0 Å². The maximum Gasteiger partial charge on any atom is 0.407 e. The molecule has 0 aliphatic rings. The van der Waals surface area contributed by atoms with Gasteiger partial charge in [-0.25, -0.2) is 9.78 Å². The Bertz CT molecular complexity index is 935. The summed E-state index contributed by atoms with van der Waals surface area (Å²) < 4.78 is 8.32. The fraction of sp³-hybridized carbons (Fsp3) is 0.450. The van der Waals surface area contributed by atoms with Crippen LogP contribution < -0.4 is 5.32 Å². The Kier molecular flexibility index (Phi) is 10.1. The number of rotatable bonds is 7. The van der Waals surface area contributed by atoms with Crippen LogP contribution in [0.1, 0.15) is 39.4 Å². The molecule has 3 aromatic heterocycles. The molecule has 10 heteroatoms. The van der Waals surface area contributed by atoms with E-state index in [2.05, 4.69) is 68.6 Å². The van der Waals surface area contributed by atoms with E-state index in [1.165, 1.54) is 25.8 Å². The number of aromatic nitrogens is 2. The van der Waals surface area contributed by atoms with Crippen molar-refractivity contribution in [3.8, 4) is 10.6 Å². The molecule has 0 aromatic carbocycles. The van der Waals surface area contributed by atoms with Gasteiger partial charge in [-0.05, 0) is 41.1 Å². The number of nitrogens with zero attached hydrogens (tertiary/aromatic N) is 2. The summed E-state index contributed by atoms with van der Waals surface area (Å²) in [6.07, 6.45) is 3.25. The van der Waals surface area contributed by atoms with Gasteiger partial charge in [0.25, 0.3) is 0 Å². The molecule has 0 saturated carbocycles. The summed E-state index contributed by atoms with van der Waals surface area (Å²) >= 11 is 5.83. The summed E-state index contributed by atoms with van der Waals surface area (Å²) in [6.45, 7) is 7.11. The molecular weight excluding hydrogens is 535 g/mol. The van der Waals surface area contributed by atoms with E-state index in [9.17, 15) is 9.59 Å². The number of fused-ring (bicyclic) bond motifs is 1. The molecule has 2 N–H and O–H groups in total. The van der Waals surface area contributed by atoms with Crippen molar-refractivity contribution in [3.63, 3.8) is 0 Å². The average molecular weight is 562 g/mol. The molecule has 164 valence electrons. The van der Waals surface area contributed by atoms with Crippen LogP contribution in [0.4, 0.5) is 4.79 Å². The first kappa shape index (κ1) is 24.6. The lowest BCUT2D eigenvalue weighted by molar-refractivity contribution is -0.130. The van der Waals surface area contributed by atoms with Crippen molar-refractivity contribution in [2.24, 2.45) is 0 Å². The molecule has 0 atom stereocenters. The molecular formula is C20H27IN4O3S2. The van der Waals surface area contributed by atoms with E-state index in [0.29, 0.717) is 13.1 Å². The van der Waals surface area contributed by atoms with Crippen molar-refractivity contribution < 1.29 is 14.3 Å². The Morgan fingerprint density at radius 2 is 1.93 bits per heavy atom. The second kappa shape index (κ2) is 12.3. The third-order valence-corrected chi connectivity index (χ3v) is 6.91. The molecule has 0 radical (unpaired) electrons. The van der Waals surface area contributed by atoms with Gasteiger partial charge in [-0.2, -0.15) is 0 Å². The number of ether oxygens (including phenoxy) is 1. The number of halogens is 1. The number of aromatic amines is 1. The minimum Gasteiger partial charge on any atom is -0.453 e. The lowest BCUT2D eigenvalue weighted by Crippen LogP contribution is -2.40. The van der Waals surface area contributed by atoms with Crippen LogP contribution in [-0.2, 0) is 16.1 Å². The number of H-pyrrole nitrogens is 1. The fourth-order valence-electron chi connectivity index (χ4n) is 2.58. The molecule has 0 spiro atoms. The fourth-order valence-corrected chi connectivity index (χ4v) is 5.90. The van der Waals surface area contributed by atoms with Crippen LogP contribution >= 0.6 is 45.3 Å². The van der Waals surface area contributed by atoms with Crippen molar-refractivity contribution in [3.05, 3.63) is 27.0 Å². The van der Waals surface area contributed by atoms with Crippen LogP contribution in [0, 0.1) is 2.88 Å². The number of imidazole rings is 1. The Labute approximate surface area is 198 Å². The Morgan fingerprint density at radius 3 is 2.57 bits per heavy atom. The molecule has 0 saturated heterocycles. The van der Waals surface area contributed by atoms with Gasteiger partial charge in [-0.15, -0.1) is 22.7 Å². The number of hydrogen-bond acceptors (Lipinski definition) is 6. The molecule has 0 aliphatic carbocycles. The lowest BCUT2D eigenvalue weighted by Gasteiger charge is -2.21. The van der Waals surface area contributed by atoms with Gasteiger partial charge < -0.3 is 19.9 Å². The summed E-state index contributed by atoms with van der Waals surface area (Å²) in [4.78, 5) is 34.1. The van der Waals surface area contributed by atoms with Gasteiger partial charge >= 0.3 is 6.09 Å². The molecule has 0 bridgehead atoms. The van der Waals surface area contributed by atoms with E-state index in [1.807, 2.05) is 6.92 Å². The van der Waals surface area contributed by atoms with Gasteiger partial charge in [0.2, 0.25) is 5.91 Å². The number of nitrogens with one attached hydrogen (secondary N) is 2. The second-order valence-electron chi connectivity index (χ2n) is 6.50. The molecule has 2 amide bonds. The van der Waals surface area contributed by atoms with Gasteiger partial charge in [0.15, 0.2) is 0 Å². The van der Waals surface area contributed by atoms with E-state index in [0.717, 1.165) is 22.8 Å². The summed E-state index contributed by atoms with van der Waals surface area (Å²) in [5, 5.41) is 2.42. The van der Waals surface area contributed by atoms with E-state index >= 15 is 0 Å². The number of carbonyl (C=O) groups is 2. The summed E-state index contributed by atoms with van der Waals surface area (Å²) in [5.41, 5.74) is 0.949. The second-order valence-corrected chi connectivity index (χ2v) is 10.6. The normalized spacial score (nSPS) is 10.4. The van der Waals surface area contributed by atoms with Gasteiger partial charge in [-0.3, -0.25) is 4.79 Å². The van der Waals surface area contributed by atoms with Crippen LogP contribution in [-0.4, -0.2) is 47.1 Å². The number of methoxy groups -OCH3 is 1. The van der Waals surface area contributed by atoms with E-state index in [-0.39, 0.29) is 12.5 Å². The summed E-state index contributed by atoms with van der Waals surface area (Å²) in [6, 6.07) is 4.35. The zero-order chi connectivity index (χ0) is 22.1. The molecule has 0 unspecified atom stereocenters. The maximum absolute atomic E-state index is 12.4. The average Bonchev–Trinajstić information content (AvgIpc) is 3.40. The smallest absolute Gasteiger partial charge is 0.407 e. The van der Waals surface area contributed by atoms with Gasteiger partial charge in [0.05, 0.1) is 33.3 Å². The quantitative estimate of drug-likeness (QED) is 0.374. The molecule has 0 fully saturated rings. The number of carbonyl (C=O) groups excluding carboxylic acids is 2. The first-order chi connectivity index (χ1) is 14.4. The monoisotopic (exact) mass is 562 g/mol. The molecule has 30 heavy (non-hydrogen) atoms. The van der Waals surface area contributed by atoms with Crippen molar-refractivity contribution in [1.82, 2.24) is 20.2 Å². The number of thiophene rings is 2. The highest BCUT2D eigenvalue weighted by atomic mass is 127.